The van der Waals surface area contributed by atoms with Gasteiger partial charge in [-0.05, 0) is 31.2 Å². The van der Waals surface area contributed by atoms with E-state index in [1.165, 1.54) is 16.6 Å². The summed E-state index contributed by atoms with van der Waals surface area (Å²) in [4.78, 5) is 5.79. The number of benzene rings is 1. The molecule has 0 amide bonds. The second-order valence-electron chi connectivity index (χ2n) is 4.69. The lowest BCUT2D eigenvalue weighted by Gasteiger charge is -2.31. The maximum absolute atomic E-state index is 6.03. The molecule has 90 valence electrons. The highest BCUT2D eigenvalue weighted by atomic mass is 35.5. The molecule has 0 saturated carbocycles. The van der Waals surface area contributed by atoms with Crippen LogP contribution in [0.5, 0.6) is 0 Å². The summed E-state index contributed by atoms with van der Waals surface area (Å²) in [5, 5.41) is 2.06. The molecule has 1 atom stereocenters. The lowest BCUT2D eigenvalue weighted by molar-refractivity contribution is 0.233. The number of nitrogens with two attached hydrogens (primary N) is 1. The molecule has 3 nitrogen and oxygen atoms in total. The van der Waals surface area contributed by atoms with Gasteiger partial charge in [-0.2, -0.15) is 0 Å². The van der Waals surface area contributed by atoms with Crippen molar-refractivity contribution in [1.82, 2.24) is 9.88 Å². The summed E-state index contributed by atoms with van der Waals surface area (Å²) in [5.74, 6) is 0. The predicted molar refractivity (Wildman–Crippen MR) is 71.4 cm³/mol. The molecule has 0 fully saturated rings. The molecular weight excluding hydrogens is 234 g/mol. The van der Waals surface area contributed by atoms with E-state index in [2.05, 4.69) is 23.0 Å². The van der Waals surface area contributed by atoms with E-state index < -0.39 is 0 Å². The van der Waals surface area contributed by atoms with Crippen molar-refractivity contribution in [3.05, 3.63) is 34.5 Å². The van der Waals surface area contributed by atoms with E-state index in [0.717, 1.165) is 23.5 Å². The second-order valence-corrected chi connectivity index (χ2v) is 5.13. The highest BCUT2D eigenvalue weighted by Gasteiger charge is 2.26. The maximum atomic E-state index is 6.03. The Morgan fingerprint density at radius 3 is 3.12 bits per heavy atom. The van der Waals surface area contributed by atoms with Gasteiger partial charge < -0.3 is 10.7 Å². The standard InChI is InChI=1S/C13H16ClN3/c1-17-5-4-10-9-3-2-8(14)6-11(9)16-13(10)12(17)7-15/h2-3,6,12,16H,4-5,7,15H2,1H3. The van der Waals surface area contributed by atoms with Gasteiger partial charge in [0.1, 0.15) is 0 Å². The van der Waals surface area contributed by atoms with Gasteiger partial charge in [0.25, 0.3) is 0 Å². The van der Waals surface area contributed by atoms with Crippen LogP contribution in [0.25, 0.3) is 10.9 Å². The van der Waals surface area contributed by atoms with E-state index in [9.17, 15) is 0 Å². The number of fused-ring (bicyclic) bond motifs is 3. The normalized spacial score (nSPS) is 20.8. The second kappa shape index (κ2) is 4.02. The maximum Gasteiger partial charge on any atom is 0.0623 e. The Bertz CT molecular complexity index is 561. The third-order valence-electron chi connectivity index (χ3n) is 3.70. The van der Waals surface area contributed by atoms with Crippen LogP contribution < -0.4 is 5.73 Å². The molecule has 1 aromatic carbocycles. The van der Waals surface area contributed by atoms with E-state index in [1.807, 2.05) is 12.1 Å². The Hall–Kier alpha value is -1.03. The molecule has 3 N–H and O–H groups in total. The summed E-state index contributed by atoms with van der Waals surface area (Å²) in [6, 6.07) is 6.34. The minimum Gasteiger partial charge on any atom is -0.357 e. The Kier molecular flexibility index (Phi) is 2.62. The first-order chi connectivity index (χ1) is 8.20. The summed E-state index contributed by atoms with van der Waals surface area (Å²) in [5.41, 5.74) is 9.66. The van der Waals surface area contributed by atoms with Crippen molar-refractivity contribution >= 4 is 22.5 Å². The average molecular weight is 250 g/mol. The number of hydrogen-bond donors (Lipinski definition) is 2. The van der Waals surface area contributed by atoms with Crippen molar-refractivity contribution in [2.75, 3.05) is 20.1 Å². The number of halogens is 1. The summed E-state index contributed by atoms with van der Waals surface area (Å²) in [6.07, 6.45) is 1.07. The van der Waals surface area contributed by atoms with Crippen molar-refractivity contribution in [2.24, 2.45) is 5.73 Å². The molecule has 1 aliphatic heterocycles. The fourth-order valence-corrected chi connectivity index (χ4v) is 2.94. The topological polar surface area (TPSA) is 45.0 Å². The SMILES string of the molecule is CN1CCc2c([nH]c3cc(Cl)ccc23)C1CN. The van der Waals surface area contributed by atoms with Gasteiger partial charge in [-0.25, -0.2) is 0 Å². The van der Waals surface area contributed by atoms with Crippen LogP contribution in [0, 0.1) is 0 Å². The monoisotopic (exact) mass is 249 g/mol. The summed E-state index contributed by atoms with van der Waals surface area (Å²) in [7, 11) is 2.12. The molecule has 0 saturated heterocycles. The summed E-state index contributed by atoms with van der Waals surface area (Å²) >= 11 is 6.03. The molecule has 3 rings (SSSR count). The average Bonchev–Trinajstić information content (AvgIpc) is 2.66. The van der Waals surface area contributed by atoms with Crippen LogP contribution in [0.3, 0.4) is 0 Å². The number of rotatable bonds is 1. The van der Waals surface area contributed by atoms with Crippen LogP contribution in [-0.2, 0) is 6.42 Å². The van der Waals surface area contributed by atoms with Crippen LogP contribution >= 0.6 is 11.6 Å². The Morgan fingerprint density at radius 2 is 2.35 bits per heavy atom. The molecule has 1 aromatic heterocycles. The molecule has 0 radical (unpaired) electrons. The smallest absolute Gasteiger partial charge is 0.0623 e. The first-order valence-electron chi connectivity index (χ1n) is 5.91. The molecular formula is C13H16ClN3. The molecule has 0 aliphatic carbocycles. The van der Waals surface area contributed by atoms with Crippen LogP contribution in [0.1, 0.15) is 17.3 Å². The van der Waals surface area contributed by atoms with Gasteiger partial charge in [-0.1, -0.05) is 17.7 Å². The highest BCUT2D eigenvalue weighted by Crippen LogP contribution is 2.33. The van der Waals surface area contributed by atoms with E-state index >= 15 is 0 Å². The van der Waals surface area contributed by atoms with Gasteiger partial charge in [0, 0.05) is 34.7 Å². The molecule has 2 aromatic rings. The largest absolute Gasteiger partial charge is 0.357 e. The Morgan fingerprint density at radius 1 is 1.53 bits per heavy atom. The number of H-pyrrole nitrogens is 1. The number of aromatic nitrogens is 1. The first kappa shape index (κ1) is 11.1. The summed E-state index contributed by atoms with van der Waals surface area (Å²) in [6.45, 7) is 1.70. The molecule has 2 heterocycles. The zero-order chi connectivity index (χ0) is 12.0. The van der Waals surface area contributed by atoms with Crippen LogP contribution in [0.2, 0.25) is 5.02 Å². The van der Waals surface area contributed by atoms with Crippen LogP contribution in [-0.4, -0.2) is 30.0 Å². The fraction of sp³-hybridized carbons (Fsp3) is 0.385. The van der Waals surface area contributed by atoms with Crippen LogP contribution in [0.4, 0.5) is 0 Å². The van der Waals surface area contributed by atoms with Gasteiger partial charge in [0.2, 0.25) is 0 Å². The van der Waals surface area contributed by atoms with E-state index in [4.69, 9.17) is 17.3 Å². The van der Waals surface area contributed by atoms with E-state index in [-0.39, 0.29) is 0 Å². The minimum atomic E-state index is 0.296. The molecule has 1 unspecified atom stereocenters. The zero-order valence-electron chi connectivity index (χ0n) is 9.83. The third kappa shape index (κ3) is 1.66. The predicted octanol–water partition coefficient (Wildman–Crippen LogP) is 2.31. The third-order valence-corrected chi connectivity index (χ3v) is 3.94. The molecule has 1 aliphatic rings. The van der Waals surface area contributed by atoms with Gasteiger partial charge >= 0.3 is 0 Å². The van der Waals surface area contributed by atoms with Crippen molar-refractivity contribution < 1.29 is 0 Å². The van der Waals surface area contributed by atoms with E-state index in [0.29, 0.717) is 12.6 Å². The molecule has 0 bridgehead atoms. The van der Waals surface area contributed by atoms with Crippen LogP contribution in [0.15, 0.2) is 18.2 Å². The van der Waals surface area contributed by atoms with Crippen molar-refractivity contribution in [3.63, 3.8) is 0 Å². The number of nitrogens with zero attached hydrogens (tertiary/aromatic N) is 1. The Labute approximate surface area is 106 Å². The minimum absolute atomic E-state index is 0.296. The van der Waals surface area contributed by atoms with Crippen molar-refractivity contribution in [2.45, 2.75) is 12.5 Å². The molecule has 4 heteroatoms. The van der Waals surface area contributed by atoms with Gasteiger partial charge in [0.05, 0.1) is 6.04 Å². The Balaban J connectivity index is 2.22. The molecule has 17 heavy (non-hydrogen) atoms. The zero-order valence-corrected chi connectivity index (χ0v) is 10.6. The van der Waals surface area contributed by atoms with Crippen molar-refractivity contribution in [3.8, 4) is 0 Å². The number of nitrogens with one attached hydrogen (secondary N) is 1. The lowest BCUT2D eigenvalue weighted by Crippen LogP contribution is -2.36. The number of hydrogen-bond acceptors (Lipinski definition) is 2. The van der Waals surface area contributed by atoms with E-state index in [1.54, 1.807) is 0 Å². The van der Waals surface area contributed by atoms with Crippen molar-refractivity contribution in [1.29, 1.82) is 0 Å². The number of aromatic amines is 1. The summed E-state index contributed by atoms with van der Waals surface area (Å²) < 4.78 is 0. The van der Waals surface area contributed by atoms with Gasteiger partial charge in [0.15, 0.2) is 0 Å². The first-order valence-corrected chi connectivity index (χ1v) is 6.29. The quantitative estimate of drug-likeness (QED) is 0.815. The lowest BCUT2D eigenvalue weighted by atomic mass is 9.98. The van der Waals surface area contributed by atoms with Gasteiger partial charge in [-0.3, -0.25) is 4.90 Å². The fourth-order valence-electron chi connectivity index (χ4n) is 2.76. The van der Waals surface area contributed by atoms with Gasteiger partial charge in [-0.15, -0.1) is 0 Å². The highest BCUT2D eigenvalue weighted by molar-refractivity contribution is 6.31. The number of likely N-dealkylation sites (N-methyl/N-ethyl adjacent to an activating group) is 1. The molecule has 0 spiro atoms.